The van der Waals surface area contributed by atoms with Crippen molar-refractivity contribution >= 4 is 12.6 Å². The Kier molecular flexibility index (Phi) is 3.54. The first-order valence-corrected chi connectivity index (χ1v) is 4.68. The molecule has 0 aliphatic heterocycles. The molecule has 3 nitrogen and oxygen atoms in total. The molecule has 1 aromatic rings. The molecular formula is C11H14BNO2. The Morgan fingerprint density at radius 3 is 2.40 bits per heavy atom. The third-order valence-corrected chi connectivity index (χ3v) is 2.65. The van der Waals surface area contributed by atoms with Crippen LogP contribution in [-0.2, 0) is 6.54 Å². The van der Waals surface area contributed by atoms with E-state index in [1.54, 1.807) is 6.92 Å². The molecule has 15 heavy (non-hydrogen) atoms. The van der Waals surface area contributed by atoms with Crippen LogP contribution in [0.4, 0.5) is 0 Å². The summed E-state index contributed by atoms with van der Waals surface area (Å²) in [7, 11) is -1.51. The highest BCUT2D eigenvalue weighted by Gasteiger charge is 2.20. The van der Waals surface area contributed by atoms with E-state index >= 15 is 0 Å². The average molecular weight is 203 g/mol. The number of hydrogen-bond acceptors (Lipinski definition) is 3. The Labute approximate surface area is 90.1 Å². The molecule has 0 atom stereocenters. The van der Waals surface area contributed by atoms with Crippen LogP contribution in [0.2, 0.25) is 0 Å². The largest absolute Gasteiger partial charge is 0.489 e. The molecule has 1 aromatic carbocycles. The Morgan fingerprint density at radius 2 is 2.00 bits per heavy atom. The fourth-order valence-electron chi connectivity index (χ4n) is 1.74. The quantitative estimate of drug-likeness (QED) is 0.445. The van der Waals surface area contributed by atoms with Gasteiger partial charge in [0.2, 0.25) is 0 Å². The van der Waals surface area contributed by atoms with E-state index in [0.29, 0.717) is 17.6 Å². The van der Waals surface area contributed by atoms with E-state index in [-0.39, 0.29) is 0 Å². The number of hydrogen-bond donors (Lipinski definition) is 3. The first-order chi connectivity index (χ1) is 7.02. The van der Waals surface area contributed by atoms with Gasteiger partial charge in [0.25, 0.3) is 0 Å². The second-order valence-corrected chi connectivity index (χ2v) is 3.47. The van der Waals surface area contributed by atoms with Crippen molar-refractivity contribution in [3.05, 3.63) is 28.3 Å². The minimum Gasteiger partial charge on any atom is -0.423 e. The molecule has 0 unspecified atom stereocenters. The second kappa shape index (κ2) is 4.50. The molecule has 0 amide bonds. The lowest BCUT2D eigenvalue weighted by Gasteiger charge is -2.14. The van der Waals surface area contributed by atoms with Crippen LogP contribution in [0, 0.1) is 26.2 Å². The van der Waals surface area contributed by atoms with Crippen molar-refractivity contribution in [2.24, 2.45) is 5.73 Å². The van der Waals surface area contributed by atoms with Gasteiger partial charge < -0.3 is 15.8 Å². The fraction of sp³-hybridized carbons (Fsp3) is 0.273. The maximum absolute atomic E-state index is 9.27. The average Bonchev–Trinajstić information content (AvgIpc) is 2.18. The molecule has 0 aliphatic rings. The van der Waals surface area contributed by atoms with Crippen LogP contribution < -0.4 is 11.2 Å². The molecule has 0 saturated heterocycles. The van der Waals surface area contributed by atoms with Crippen LogP contribution in [0.5, 0.6) is 0 Å². The summed E-state index contributed by atoms with van der Waals surface area (Å²) in [6.07, 6.45) is 5.34. The van der Waals surface area contributed by atoms with Crippen molar-refractivity contribution in [2.75, 3.05) is 0 Å². The highest BCUT2D eigenvalue weighted by Crippen LogP contribution is 2.13. The smallest absolute Gasteiger partial charge is 0.423 e. The van der Waals surface area contributed by atoms with Crippen molar-refractivity contribution in [2.45, 2.75) is 20.4 Å². The first-order valence-electron chi connectivity index (χ1n) is 4.68. The van der Waals surface area contributed by atoms with Gasteiger partial charge in [-0.2, -0.15) is 0 Å². The van der Waals surface area contributed by atoms with Crippen LogP contribution >= 0.6 is 0 Å². The zero-order valence-electron chi connectivity index (χ0n) is 8.91. The van der Waals surface area contributed by atoms with Gasteiger partial charge in [-0.3, -0.25) is 0 Å². The van der Waals surface area contributed by atoms with Crippen LogP contribution in [0.3, 0.4) is 0 Å². The Balaban J connectivity index is 3.55. The third-order valence-electron chi connectivity index (χ3n) is 2.65. The van der Waals surface area contributed by atoms with Gasteiger partial charge in [-0.15, -0.1) is 6.42 Å². The van der Waals surface area contributed by atoms with Crippen LogP contribution in [-0.4, -0.2) is 17.2 Å². The van der Waals surface area contributed by atoms with Crippen LogP contribution in [0.15, 0.2) is 6.07 Å². The Bertz CT molecular complexity index is 422. The summed E-state index contributed by atoms with van der Waals surface area (Å²) >= 11 is 0. The van der Waals surface area contributed by atoms with Crippen LogP contribution in [0.25, 0.3) is 0 Å². The van der Waals surface area contributed by atoms with Crippen molar-refractivity contribution in [1.29, 1.82) is 0 Å². The minimum atomic E-state index is -1.51. The molecule has 0 aliphatic carbocycles. The maximum atomic E-state index is 9.27. The SMILES string of the molecule is C#Cc1cc(CN)c(C)c(B(O)O)c1C. The summed E-state index contributed by atoms with van der Waals surface area (Å²) in [6.45, 7) is 3.92. The molecule has 78 valence electrons. The van der Waals surface area contributed by atoms with Gasteiger partial charge in [-0.1, -0.05) is 5.92 Å². The van der Waals surface area contributed by atoms with Gasteiger partial charge in [-0.05, 0) is 42.1 Å². The van der Waals surface area contributed by atoms with Crippen molar-refractivity contribution in [3.8, 4) is 12.3 Å². The van der Waals surface area contributed by atoms with Gasteiger partial charge in [-0.25, -0.2) is 0 Å². The predicted molar refractivity (Wildman–Crippen MR) is 61.6 cm³/mol. The molecule has 1 rings (SSSR count). The lowest BCUT2D eigenvalue weighted by molar-refractivity contribution is 0.425. The fourth-order valence-corrected chi connectivity index (χ4v) is 1.74. The van der Waals surface area contributed by atoms with E-state index in [0.717, 1.165) is 16.7 Å². The molecule has 0 saturated carbocycles. The van der Waals surface area contributed by atoms with Crippen molar-refractivity contribution in [1.82, 2.24) is 0 Å². The monoisotopic (exact) mass is 203 g/mol. The molecule has 0 aromatic heterocycles. The lowest BCUT2D eigenvalue weighted by atomic mass is 9.72. The zero-order valence-corrected chi connectivity index (χ0v) is 8.91. The van der Waals surface area contributed by atoms with Gasteiger partial charge in [0.05, 0.1) is 0 Å². The summed E-state index contributed by atoms with van der Waals surface area (Å²) in [6, 6.07) is 1.82. The van der Waals surface area contributed by atoms with E-state index in [1.165, 1.54) is 0 Å². The number of nitrogens with two attached hydrogens (primary N) is 1. The minimum absolute atomic E-state index is 0.334. The Morgan fingerprint density at radius 1 is 1.40 bits per heavy atom. The molecule has 0 spiro atoms. The zero-order chi connectivity index (χ0) is 11.6. The molecule has 0 fully saturated rings. The number of benzene rings is 1. The predicted octanol–water partition coefficient (Wildman–Crippen LogP) is -0.577. The molecular weight excluding hydrogens is 189 g/mol. The number of rotatable bonds is 2. The van der Waals surface area contributed by atoms with Gasteiger partial charge in [0, 0.05) is 12.1 Å². The van der Waals surface area contributed by atoms with Crippen molar-refractivity contribution in [3.63, 3.8) is 0 Å². The lowest BCUT2D eigenvalue weighted by Crippen LogP contribution is -2.36. The van der Waals surface area contributed by atoms with E-state index in [9.17, 15) is 10.0 Å². The molecule has 4 heteroatoms. The normalized spacial score (nSPS) is 9.87. The van der Waals surface area contributed by atoms with E-state index < -0.39 is 7.12 Å². The summed E-state index contributed by atoms with van der Waals surface area (Å²) in [5.74, 6) is 2.51. The third kappa shape index (κ3) is 2.05. The second-order valence-electron chi connectivity index (χ2n) is 3.47. The summed E-state index contributed by atoms with van der Waals surface area (Å²) in [5.41, 5.74) is 9.05. The van der Waals surface area contributed by atoms with E-state index in [4.69, 9.17) is 12.2 Å². The highest BCUT2D eigenvalue weighted by molar-refractivity contribution is 6.59. The summed E-state index contributed by atoms with van der Waals surface area (Å²) < 4.78 is 0. The van der Waals surface area contributed by atoms with Gasteiger partial charge in [0.1, 0.15) is 0 Å². The van der Waals surface area contributed by atoms with Gasteiger partial charge >= 0.3 is 7.12 Å². The van der Waals surface area contributed by atoms with E-state index in [2.05, 4.69) is 5.92 Å². The maximum Gasteiger partial charge on any atom is 0.489 e. The molecule has 0 heterocycles. The Hall–Kier alpha value is -1.28. The standard InChI is InChI=1S/C11H14BNO2/c1-4-9-5-10(6-13)8(3)11(7(9)2)12(14)15/h1,5,14-15H,6,13H2,2-3H3. The van der Waals surface area contributed by atoms with Crippen LogP contribution in [0.1, 0.15) is 22.3 Å². The summed E-state index contributed by atoms with van der Waals surface area (Å²) in [5, 5.41) is 18.5. The first kappa shape index (κ1) is 11.8. The van der Waals surface area contributed by atoms with Crippen molar-refractivity contribution < 1.29 is 10.0 Å². The number of terminal acetylenes is 1. The summed E-state index contributed by atoms with van der Waals surface area (Å²) in [4.78, 5) is 0. The molecule has 0 radical (unpaired) electrons. The van der Waals surface area contributed by atoms with Gasteiger partial charge in [0.15, 0.2) is 0 Å². The molecule has 0 bridgehead atoms. The topological polar surface area (TPSA) is 66.5 Å². The highest BCUT2D eigenvalue weighted by atomic mass is 16.4. The van der Waals surface area contributed by atoms with E-state index in [1.807, 2.05) is 13.0 Å². The molecule has 4 N–H and O–H groups in total.